The van der Waals surface area contributed by atoms with Gasteiger partial charge in [-0.1, -0.05) is 0 Å². The Bertz CT molecular complexity index is 819. The van der Waals surface area contributed by atoms with Crippen LogP contribution in [0.4, 0.5) is 10.1 Å². The van der Waals surface area contributed by atoms with Gasteiger partial charge in [-0.25, -0.2) is 9.82 Å². The van der Waals surface area contributed by atoms with Crippen LogP contribution in [0.5, 0.6) is 5.75 Å². The zero-order valence-electron chi connectivity index (χ0n) is 13.3. The number of anilines is 1. The van der Waals surface area contributed by atoms with Gasteiger partial charge in [0.15, 0.2) is 0 Å². The molecule has 9 heteroatoms. The predicted molar refractivity (Wildman–Crippen MR) is 87.7 cm³/mol. The van der Waals surface area contributed by atoms with E-state index in [0.717, 1.165) is 12.1 Å². The number of aliphatic carboxylic acids is 1. The second-order valence-electron chi connectivity index (χ2n) is 4.89. The minimum Gasteiger partial charge on any atom is -0.546 e. The minimum atomic E-state index is -1.34. The van der Waals surface area contributed by atoms with Gasteiger partial charge in [-0.15, -0.1) is 0 Å². The topological polar surface area (TPSA) is 120 Å². The Kier molecular flexibility index (Phi) is 6.38. The van der Waals surface area contributed by atoms with Crippen molar-refractivity contribution in [2.24, 2.45) is 5.10 Å². The minimum absolute atomic E-state index is 0.266. The number of benzene rings is 2. The number of carboxylic acid groups (broad SMARTS) is 1. The molecule has 0 aliphatic carbocycles. The van der Waals surface area contributed by atoms with E-state index < -0.39 is 30.2 Å². The number of nitrogens with zero attached hydrogens (tertiary/aromatic N) is 1. The summed E-state index contributed by atoms with van der Waals surface area (Å²) in [6, 6.07) is 11.1. The number of nitrogens with one attached hydrogen (secondary N) is 2. The lowest BCUT2D eigenvalue weighted by Crippen LogP contribution is -2.32. The Labute approximate surface area is 147 Å². The molecule has 0 radical (unpaired) electrons. The Hall–Kier alpha value is -3.75. The summed E-state index contributed by atoms with van der Waals surface area (Å²) in [4.78, 5) is 33.5. The number of hydrazone groups is 1. The normalized spacial score (nSPS) is 10.3. The van der Waals surface area contributed by atoms with Crippen LogP contribution in [-0.4, -0.2) is 30.6 Å². The summed E-state index contributed by atoms with van der Waals surface area (Å²) in [5, 5.41) is 16.2. The van der Waals surface area contributed by atoms with Gasteiger partial charge in [0.25, 0.3) is 0 Å². The fourth-order valence-corrected chi connectivity index (χ4v) is 1.73. The summed E-state index contributed by atoms with van der Waals surface area (Å²) in [6.45, 7) is -0.563. The molecule has 2 aromatic carbocycles. The Balaban J connectivity index is 1.83. The van der Waals surface area contributed by atoms with Gasteiger partial charge in [0, 0.05) is 5.69 Å². The van der Waals surface area contributed by atoms with Crippen LogP contribution < -0.4 is 20.6 Å². The maximum atomic E-state index is 12.8. The van der Waals surface area contributed by atoms with Gasteiger partial charge < -0.3 is 20.0 Å². The largest absolute Gasteiger partial charge is 0.546 e. The van der Waals surface area contributed by atoms with Crippen molar-refractivity contribution in [3.05, 3.63) is 59.9 Å². The zero-order chi connectivity index (χ0) is 18.9. The molecule has 0 heterocycles. The van der Waals surface area contributed by atoms with Crippen molar-refractivity contribution in [1.82, 2.24) is 5.43 Å². The van der Waals surface area contributed by atoms with Crippen LogP contribution in [0.3, 0.4) is 0 Å². The number of carbonyl (C=O) groups excluding carboxylic acids is 3. The van der Waals surface area contributed by atoms with E-state index >= 15 is 0 Å². The van der Waals surface area contributed by atoms with Crippen LogP contribution in [0.1, 0.15) is 5.56 Å². The molecule has 134 valence electrons. The smallest absolute Gasteiger partial charge is 0.329 e. The SMILES string of the molecule is O=C([O-])COc1ccc(/C=N\NC(=O)C(=O)Nc2ccc(F)cc2)cc1. The van der Waals surface area contributed by atoms with Crippen LogP contribution in [0.25, 0.3) is 0 Å². The van der Waals surface area contributed by atoms with Crippen molar-refractivity contribution < 1.29 is 28.6 Å². The third-order valence-corrected chi connectivity index (χ3v) is 2.92. The summed E-state index contributed by atoms with van der Waals surface area (Å²) >= 11 is 0. The summed E-state index contributed by atoms with van der Waals surface area (Å²) in [5.41, 5.74) is 2.88. The zero-order valence-corrected chi connectivity index (χ0v) is 13.3. The van der Waals surface area contributed by atoms with Gasteiger partial charge in [0.05, 0.1) is 12.2 Å². The lowest BCUT2D eigenvalue weighted by molar-refractivity contribution is -0.307. The summed E-state index contributed by atoms with van der Waals surface area (Å²) in [7, 11) is 0. The molecule has 0 atom stereocenters. The number of carbonyl (C=O) groups is 3. The molecule has 0 fully saturated rings. The Morgan fingerprint density at radius 1 is 1.04 bits per heavy atom. The number of hydrogen-bond acceptors (Lipinski definition) is 6. The molecule has 0 unspecified atom stereocenters. The number of carboxylic acids is 1. The van der Waals surface area contributed by atoms with Crippen molar-refractivity contribution in [2.75, 3.05) is 11.9 Å². The molecular formula is C17H13FN3O5-. The quantitative estimate of drug-likeness (QED) is 0.429. The highest BCUT2D eigenvalue weighted by atomic mass is 19.1. The van der Waals surface area contributed by atoms with Crippen LogP contribution in [0, 0.1) is 5.82 Å². The molecule has 0 bridgehead atoms. The van der Waals surface area contributed by atoms with Crippen LogP contribution in [-0.2, 0) is 14.4 Å². The van der Waals surface area contributed by atoms with E-state index in [0.29, 0.717) is 11.3 Å². The maximum Gasteiger partial charge on any atom is 0.329 e. The second kappa shape index (κ2) is 8.92. The van der Waals surface area contributed by atoms with Gasteiger partial charge in [0.2, 0.25) is 0 Å². The third kappa shape index (κ3) is 6.04. The first-order chi connectivity index (χ1) is 12.4. The summed E-state index contributed by atoms with van der Waals surface area (Å²) < 4.78 is 17.7. The van der Waals surface area contributed by atoms with E-state index in [1.54, 1.807) is 12.1 Å². The number of amides is 2. The summed E-state index contributed by atoms with van der Waals surface area (Å²) in [5.74, 6) is -3.43. The molecule has 0 saturated carbocycles. The van der Waals surface area contributed by atoms with Crippen LogP contribution in [0.2, 0.25) is 0 Å². The molecule has 2 amide bonds. The first-order valence-electron chi connectivity index (χ1n) is 7.27. The predicted octanol–water partition coefficient (Wildman–Crippen LogP) is 0.0432. The van der Waals surface area contributed by atoms with Crippen molar-refractivity contribution in [1.29, 1.82) is 0 Å². The van der Waals surface area contributed by atoms with Gasteiger partial charge in [-0.3, -0.25) is 9.59 Å². The monoisotopic (exact) mass is 358 g/mol. The average molecular weight is 358 g/mol. The fraction of sp³-hybridized carbons (Fsp3) is 0.0588. The lowest BCUT2D eigenvalue weighted by Gasteiger charge is -2.06. The van der Waals surface area contributed by atoms with Crippen LogP contribution >= 0.6 is 0 Å². The van der Waals surface area contributed by atoms with Crippen LogP contribution in [0.15, 0.2) is 53.6 Å². The van der Waals surface area contributed by atoms with E-state index in [1.807, 2.05) is 5.43 Å². The molecule has 2 rings (SSSR count). The van der Waals surface area contributed by atoms with E-state index in [4.69, 9.17) is 4.74 Å². The Morgan fingerprint density at radius 2 is 1.69 bits per heavy atom. The van der Waals surface area contributed by atoms with Gasteiger partial charge >= 0.3 is 11.8 Å². The number of hydrogen-bond donors (Lipinski definition) is 2. The number of halogens is 1. The maximum absolute atomic E-state index is 12.8. The Morgan fingerprint density at radius 3 is 2.31 bits per heavy atom. The third-order valence-electron chi connectivity index (χ3n) is 2.92. The molecule has 2 aromatic rings. The molecule has 0 aromatic heterocycles. The van der Waals surface area contributed by atoms with Crippen molar-refractivity contribution in [3.63, 3.8) is 0 Å². The average Bonchev–Trinajstić information content (AvgIpc) is 2.62. The molecule has 0 saturated heterocycles. The van der Waals surface area contributed by atoms with E-state index in [-0.39, 0.29) is 5.69 Å². The number of ether oxygens (including phenoxy) is 1. The lowest BCUT2D eigenvalue weighted by atomic mass is 10.2. The molecule has 26 heavy (non-hydrogen) atoms. The first-order valence-corrected chi connectivity index (χ1v) is 7.27. The van der Waals surface area contributed by atoms with E-state index in [9.17, 15) is 23.9 Å². The standard InChI is InChI=1S/C17H14FN3O5/c18-12-3-5-13(6-4-12)20-16(24)17(25)21-19-9-11-1-7-14(8-2-11)26-10-15(22)23/h1-9H,10H2,(H,20,24)(H,21,25)(H,22,23)/p-1/b19-9-. The molecular weight excluding hydrogens is 345 g/mol. The molecule has 8 nitrogen and oxygen atoms in total. The number of rotatable bonds is 6. The highest BCUT2D eigenvalue weighted by Crippen LogP contribution is 2.11. The second-order valence-corrected chi connectivity index (χ2v) is 4.89. The van der Waals surface area contributed by atoms with Gasteiger partial charge in [0.1, 0.15) is 18.2 Å². The summed E-state index contributed by atoms with van der Waals surface area (Å²) in [6.07, 6.45) is 1.28. The highest BCUT2D eigenvalue weighted by molar-refractivity contribution is 6.39. The highest BCUT2D eigenvalue weighted by Gasteiger charge is 2.12. The first kappa shape index (κ1) is 18.6. The van der Waals surface area contributed by atoms with Gasteiger partial charge in [-0.2, -0.15) is 5.10 Å². The molecule has 2 N–H and O–H groups in total. The van der Waals surface area contributed by atoms with Crippen molar-refractivity contribution in [3.8, 4) is 5.75 Å². The van der Waals surface area contributed by atoms with Crippen molar-refractivity contribution in [2.45, 2.75) is 0 Å². The van der Waals surface area contributed by atoms with E-state index in [2.05, 4.69) is 10.4 Å². The van der Waals surface area contributed by atoms with Crippen molar-refractivity contribution >= 4 is 29.7 Å². The molecule has 0 aliphatic rings. The molecule has 0 aliphatic heterocycles. The fourth-order valence-electron chi connectivity index (χ4n) is 1.73. The molecule has 0 spiro atoms. The van der Waals surface area contributed by atoms with E-state index in [1.165, 1.54) is 30.5 Å². The van der Waals surface area contributed by atoms with Gasteiger partial charge in [-0.05, 0) is 54.1 Å².